The first-order chi connectivity index (χ1) is 7.50. The van der Waals surface area contributed by atoms with E-state index < -0.39 is 10.9 Å². The minimum Gasteiger partial charge on any atom is -0.481 e. The first-order valence-corrected chi connectivity index (χ1v) is 5.51. The molecule has 8 heteroatoms. The van der Waals surface area contributed by atoms with E-state index in [-0.39, 0.29) is 17.1 Å². The zero-order chi connectivity index (χ0) is 12.1. The maximum absolute atomic E-state index is 10.4. The lowest BCUT2D eigenvalue weighted by Gasteiger charge is -2.01. The van der Waals surface area contributed by atoms with Gasteiger partial charge in [0.05, 0.1) is 16.4 Å². The maximum atomic E-state index is 10.4. The molecule has 0 aromatic carbocycles. The van der Waals surface area contributed by atoms with Crippen molar-refractivity contribution in [1.29, 1.82) is 0 Å². The van der Waals surface area contributed by atoms with Gasteiger partial charge in [-0.15, -0.1) is 11.8 Å². The summed E-state index contributed by atoms with van der Waals surface area (Å²) in [5.74, 6) is -0.592. The van der Waals surface area contributed by atoms with E-state index >= 15 is 0 Å². The van der Waals surface area contributed by atoms with Crippen molar-refractivity contribution < 1.29 is 14.8 Å². The van der Waals surface area contributed by atoms with Crippen LogP contribution in [0.5, 0.6) is 0 Å². The summed E-state index contributed by atoms with van der Waals surface area (Å²) >= 11 is 6.90. The minimum atomic E-state index is -0.912. The highest BCUT2D eigenvalue weighted by molar-refractivity contribution is 7.99. The molecule has 1 heterocycles. The Morgan fingerprint density at radius 2 is 2.38 bits per heavy atom. The van der Waals surface area contributed by atoms with Gasteiger partial charge >= 0.3 is 5.97 Å². The fourth-order valence-corrected chi connectivity index (χ4v) is 1.97. The third-order valence-corrected chi connectivity index (χ3v) is 2.97. The van der Waals surface area contributed by atoms with Crippen molar-refractivity contribution in [3.8, 4) is 0 Å². The van der Waals surface area contributed by atoms with Crippen molar-refractivity contribution in [3.63, 3.8) is 0 Å². The number of aromatic nitrogens is 1. The molecule has 16 heavy (non-hydrogen) atoms. The number of carbonyl (C=O) groups is 1. The van der Waals surface area contributed by atoms with Gasteiger partial charge in [0.1, 0.15) is 11.2 Å². The maximum Gasteiger partial charge on any atom is 0.304 e. The van der Waals surface area contributed by atoms with Crippen LogP contribution >= 0.6 is 23.4 Å². The number of hydrogen-bond acceptors (Lipinski definition) is 5. The molecule has 1 aromatic rings. The molecule has 0 saturated carbocycles. The molecule has 1 rings (SSSR count). The number of halogens is 1. The number of carboxylic acid groups (broad SMARTS) is 1. The zero-order valence-electron chi connectivity index (χ0n) is 7.92. The quantitative estimate of drug-likeness (QED) is 0.497. The second-order valence-corrected chi connectivity index (χ2v) is 4.22. The van der Waals surface area contributed by atoms with Gasteiger partial charge in [0.2, 0.25) is 0 Å². The predicted octanol–water partition coefficient (Wildman–Crippen LogP) is 2.21. The number of aliphatic carboxylic acids is 1. The summed E-state index contributed by atoms with van der Waals surface area (Å²) in [4.78, 5) is 23.9. The average molecular weight is 263 g/mol. The summed E-state index contributed by atoms with van der Waals surface area (Å²) in [6.45, 7) is 0. The van der Waals surface area contributed by atoms with Gasteiger partial charge in [-0.3, -0.25) is 14.9 Å². The molecule has 0 amide bonds. The summed E-state index contributed by atoms with van der Waals surface area (Å²) in [7, 11) is 0. The number of nitro groups is 1. The summed E-state index contributed by atoms with van der Waals surface area (Å²) < 4.78 is 0. The van der Waals surface area contributed by atoms with Crippen LogP contribution in [0, 0.1) is 10.1 Å². The normalized spacial score (nSPS) is 10.1. The van der Waals surface area contributed by atoms with Gasteiger partial charge in [-0.05, 0) is 0 Å². The van der Waals surface area contributed by atoms with Crippen LogP contribution in [-0.4, -0.2) is 26.7 Å². The van der Waals surface area contributed by atoms with Gasteiger partial charge in [0.25, 0.3) is 5.69 Å². The lowest BCUT2D eigenvalue weighted by molar-refractivity contribution is -0.385. The molecule has 0 aliphatic heterocycles. The van der Waals surface area contributed by atoms with E-state index in [9.17, 15) is 14.9 Å². The molecule has 0 radical (unpaired) electrons. The van der Waals surface area contributed by atoms with Gasteiger partial charge in [-0.1, -0.05) is 11.6 Å². The van der Waals surface area contributed by atoms with Gasteiger partial charge in [0.15, 0.2) is 0 Å². The fraction of sp³-hybridized carbons (Fsp3) is 0.250. The third kappa shape index (κ3) is 3.67. The lowest BCUT2D eigenvalue weighted by atomic mass is 10.4. The van der Waals surface area contributed by atoms with Crippen molar-refractivity contribution in [1.82, 2.24) is 4.98 Å². The Hall–Kier alpha value is -1.34. The molecule has 0 atom stereocenters. The topological polar surface area (TPSA) is 93.3 Å². The van der Waals surface area contributed by atoms with Crippen molar-refractivity contribution in [2.24, 2.45) is 0 Å². The Kier molecular flexibility index (Phi) is 4.51. The Bertz CT molecular complexity index is 426. The third-order valence-electron chi connectivity index (χ3n) is 1.56. The van der Waals surface area contributed by atoms with Crippen LogP contribution in [0.4, 0.5) is 5.69 Å². The van der Waals surface area contributed by atoms with Crippen LogP contribution in [0.25, 0.3) is 0 Å². The van der Waals surface area contributed by atoms with E-state index in [0.29, 0.717) is 10.8 Å². The van der Waals surface area contributed by atoms with Crippen LogP contribution in [0.1, 0.15) is 6.42 Å². The smallest absolute Gasteiger partial charge is 0.304 e. The number of nitrogens with zero attached hydrogens (tertiary/aromatic N) is 2. The largest absolute Gasteiger partial charge is 0.481 e. The van der Waals surface area contributed by atoms with Gasteiger partial charge in [-0.2, -0.15) is 0 Å². The summed E-state index contributed by atoms with van der Waals surface area (Å²) in [5, 5.41) is 19.4. The van der Waals surface area contributed by atoms with Crippen molar-refractivity contribution >= 4 is 35.0 Å². The zero-order valence-corrected chi connectivity index (χ0v) is 9.49. The van der Waals surface area contributed by atoms with Gasteiger partial charge in [-0.25, -0.2) is 4.98 Å². The Morgan fingerprint density at radius 3 is 2.88 bits per heavy atom. The lowest BCUT2D eigenvalue weighted by Crippen LogP contribution is -1.97. The van der Waals surface area contributed by atoms with Gasteiger partial charge < -0.3 is 5.11 Å². The minimum absolute atomic E-state index is 0.0142. The monoisotopic (exact) mass is 262 g/mol. The molecular weight excluding hydrogens is 256 g/mol. The highest BCUT2D eigenvalue weighted by Crippen LogP contribution is 2.28. The average Bonchev–Trinajstić information content (AvgIpc) is 2.19. The van der Waals surface area contributed by atoms with Crippen molar-refractivity contribution in [2.45, 2.75) is 11.4 Å². The number of hydrogen-bond donors (Lipinski definition) is 1. The van der Waals surface area contributed by atoms with Crippen molar-refractivity contribution in [3.05, 3.63) is 27.4 Å². The molecule has 0 bridgehead atoms. The molecule has 6 nitrogen and oxygen atoms in total. The number of rotatable bonds is 5. The summed E-state index contributed by atoms with van der Waals surface area (Å²) in [6, 6.07) is 1.19. The summed E-state index contributed by atoms with van der Waals surface area (Å²) in [6.07, 6.45) is 1.08. The predicted molar refractivity (Wildman–Crippen MR) is 58.9 cm³/mol. The highest BCUT2D eigenvalue weighted by atomic mass is 35.5. The molecule has 0 saturated heterocycles. The van der Waals surface area contributed by atoms with Gasteiger partial charge in [0, 0.05) is 11.8 Å². The van der Waals surface area contributed by atoms with Crippen LogP contribution in [0.3, 0.4) is 0 Å². The van der Waals surface area contributed by atoms with Crippen LogP contribution < -0.4 is 0 Å². The van der Waals surface area contributed by atoms with Crippen LogP contribution in [-0.2, 0) is 4.79 Å². The number of thioether (sulfide) groups is 1. The highest BCUT2D eigenvalue weighted by Gasteiger charge is 2.11. The van der Waals surface area contributed by atoms with E-state index in [1.54, 1.807) is 0 Å². The van der Waals surface area contributed by atoms with E-state index in [4.69, 9.17) is 16.7 Å². The molecule has 0 fully saturated rings. The molecule has 86 valence electrons. The summed E-state index contributed by atoms with van der Waals surface area (Å²) in [5.41, 5.74) is -0.187. The molecule has 0 aliphatic rings. The number of pyridine rings is 1. The molecular formula is C8H7ClN2O4S. The molecule has 0 unspecified atom stereocenters. The molecule has 0 spiro atoms. The second-order valence-electron chi connectivity index (χ2n) is 2.73. The Balaban J connectivity index is 2.68. The van der Waals surface area contributed by atoms with E-state index in [1.165, 1.54) is 6.07 Å². The van der Waals surface area contributed by atoms with E-state index in [2.05, 4.69) is 4.98 Å². The standard InChI is InChI=1S/C8H7ClN2O4S/c9-6-3-5(11(14)15)4-10-8(6)16-2-1-7(12)13/h3-4H,1-2H2,(H,12,13). The first-order valence-electron chi connectivity index (χ1n) is 4.15. The van der Waals surface area contributed by atoms with Crippen molar-refractivity contribution in [2.75, 3.05) is 5.75 Å². The first kappa shape index (κ1) is 12.7. The molecule has 1 N–H and O–H groups in total. The SMILES string of the molecule is O=C(O)CCSc1ncc([N+](=O)[O-])cc1Cl. The van der Waals surface area contributed by atoms with E-state index in [1.807, 2.05) is 0 Å². The van der Waals surface area contributed by atoms with Crippen LogP contribution in [0.15, 0.2) is 17.3 Å². The fourth-order valence-electron chi connectivity index (χ4n) is 0.856. The number of carboxylic acids is 1. The van der Waals surface area contributed by atoms with Crippen LogP contribution in [0.2, 0.25) is 5.02 Å². The molecule has 1 aromatic heterocycles. The second kappa shape index (κ2) is 5.66. The molecule has 0 aliphatic carbocycles. The Labute approximate surface area is 99.8 Å². The Morgan fingerprint density at radius 1 is 1.69 bits per heavy atom. The van der Waals surface area contributed by atoms with E-state index in [0.717, 1.165) is 18.0 Å².